The fourth-order valence-corrected chi connectivity index (χ4v) is 6.23. The molecule has 0 aliphatic carbocycles. The summed E-state index contributed by atoms with van der Waals surface area (Å²) in [5.74, 6) is -0.238. The van der Waals surface area contributed by atoms with Crippen molar-refractivity contribution in [2.45, 2.75) is 44.4 Å². The molecule has 2 N–H and O–H groups in total. The van der Waals surface area contributed by atoms with E-state index in [9.17, 15) is 18.3 Å². The number of sulfonamides is 1. The van der Waals surface area contributed by atoms with E-state index in [4.69, 9.17) is 0 Å². The SMILES string of the molecule is Cc1ccc(C)c(S(=O)(=O)Nc2cnc(N3CCC[C@H](CN4CCCC4)C3)c(C(=O)O)c2)c1. The quantitative estimate of drug-likeness (QED) is 0.636. The fourth-order valence-electron chi connectivity index (χ4n) is 4.87. The van der Waals surface area contributed by atoms with Crippen LogP contribution in [0, 0.1) is 19.8 Å². The van der Waals surface area contributed by atoms with Gasteiger partial charge < -0.3 is 14.9 Å². The van der Waals surface area contributed by atoms with Gasteiger partial charge in [0.05, 0.1) is 16.8 Å². The predicted octanol–water partition coefficient (Wildman–Crippen LogP) is 3.51. The molecule has 33 heavy (non-hydrogen) atoms. The number of aromatic carboxylic acids is 1. The van der Waals surface area contributed by atoms with Crippen LogP contribution >= 0.6 is 0 Å². The third kappa shape index (κ3) is 5.47. The van der Waals surface area contributed by atoms with Gasteiger partial charge in [-0.3, -0.25) is 4.72 Å². The van der Waals surface area contributed by atoms with Crippen LogP contribution in [0.3, 0.4) is 0 Å². The topological polar surface area (TPSA) is 103 Å². The molecule has 178 valence electrons. The lowest BCUT2D eigenvalue weighted by Gasteiger charge is -2.36. The molecule has 2 saturated heterocycles. The van der Waals surface area contributed by atoms with E-state index in [2.05, 4.69) is 14.6 Å². The van der Waals surface area contributed by atoms with Crippen molar-refractivity contribution in [3.63, 3.8) is 0 Å². The zero-order chi connectivity index (χ0) is 23.6. The number of carboxylic acid groups (broad SMARTS) is 1. The molecule has 2 fully saturated rings. The number of pyridine rings is 1. The summed E-state index contributed by atoms with van der Waals surface area (Å²) in [7, 11) is -3.87. The third-order valence-electron chi connectivity index (χ3n) is 6.52. The number of likely N-dealkylation sites (tertiary alicyclic amines) is 1. The molecule has 2 aliphatic rings. The van der Waals surface area contributed by atoms with Gasteiger partial charge in [0.1, 0.15) is 11.4 Å². The Morgan fingerprint density at radius 3 is 2.64 bits per heavy atom. The highest BCUT2D eigenvalue weighted by molar-refractivity contribution is 7.92. The van der Waals surface area contributed by atoms with Gasteiger partial charge in [-0.25, -0.2) is 18.2 Å². The van der Waals surface area contributed by atoms with Crippen molar-refractivity contribution in [2.75, 3.05) is 42.3 Å². The Hall–Kier alpha value is -2.65. The highest BCUT2D eigenvalue weighted by atomic mass is 32.2. The molecule has 0 spiro atoms. The average molecular weight is 473 g/mol. The van der Waals surface area contributed by atoms with E-state index >= 15 is 0 Å². The summed E-state index contributed by atoms with van der Waals surface area (Å²) in [5, 5.41) is 9.86. The van der Waals surface area contributed by atoms with Crippen molar-refractivity contribution in [3.8, 4) is 0 Å². The lowest BCUT2D eigenvalue weighted by molar-refractivity contribution is 0.0697. The molecule has 0 unspecified atom stereocenters. The van der Waals surface area contributed by atoms with Crippen LogP contribution in [0.25, 0.3) is 0 Å². The number of anilines is 2. The Morgan fingerprint density at radius 1 is 1.15 bits per heavy atom. The average Bonchev–Trinajstić information content (AvgIpc) is 3.28. The van der Waals surface area contributed by atoms with Crippen LogP contribution in [0.2, 0.25) is 0 Å². The molecule has 3 heterocycles. The summed E-state index contributed by atoms with van der Waals surface area (Å²) < 4.78 is 28.4. The van der Waals surface area contributed by atoms with Gasteiger partial charge in [-0.2, -0.15) is 0 Å². The van der Waals surface area contributed by atoms with Gasteiger partial charge in [-0.15, -0.1) is 0 Å². The maximum absolute atomic E-state index is 12.9. The van der Waals surface area contributed by atoms with E-state index in [0.717, 1.165) is 51.1 Å². The molecule has 2 aliphatic heterocycles. The second-order valence-corrected chi connectivity index (χ2v) is 10.9. The summed E-state index contributed by atoms with van der Waals surface area (Å²) in [5.41, 5.74) is 1.60. The predicted molar refractivity (Wildman–Crippen MR) is 129 cm³/mol. The van der Waals surface area contributed by atoms with Crippen LogP contribution in [0.1, 0.15) is 47.2 Å². The molecule has 0 saturated carbocycles. The number of nitrogens with one attached hydrogen (secondary N) is 1. The van der Waals surface area contributed by atoms with Crippen molar-refractivity contribution in [1.29, 1.82) is 0 Å². The summed E-state index contributed by atoms with van der Waals surface area (Å²) in [6, 6.07) is 6.58. The molecule has 4 rings (SSSR count). The maximum Gasteiger partial charge on any atom is 0.339 e. The Labute approximate surface area is 195 Å². The smallest absolute Gasteiger partial charge is 0.339 e. The van der Waals surface area contributed by atoms with Gasteiger partial charge >= 0.3 is 5.97 Å². The van der Waals surface area contributed by atoms with Gasteiger partial charge in [0.15, 0.2) is 0 Å². The minimum atomic E-state index is -3.87. The van der Waals surface area contributed by atoms with Gasteiger partial charge in [0.25, 0.3) is 10.0 Å². The number of piperidine rings is 1. The Balaban J connectivity index is 1.55. The summed E-state index contributed by atoms with van der Waals surface area (Å²) in [4.78, 5) is 21.2. The molecule has 8 nitrogen and oxygen atoms in total. The molecule has 0 amide bonds. The van der Waals surface area contributed by atoms with Gasteiger partial charge in [-0.05, 0) is 81.8 Å². The summed E-state index contributed by atoms with van der Waals surface area (Å²) in [6.07, 6.45) is 6.03. The van der Waals surface area contributed by atoms with Crippen LogP contribution in [-0.4, -0.2) is 62.1 Å². The second kappa shape index (κ2) is 9.69. The van der Waals surface area contributed by atoms with Crippen LogP contribution in [0.5, 0.6) is 0 Å². The van der Waals surface area contributed by atoms with Crippen molar-refractivity contribution in [1.82, 2.24) is 9.88 Å². The van der Waals surface area contributed by atoms with E-state index in [1.807, 2.05) is 17.9 Å². The molecule has 0 radical (unpaired) electrons. The maximum atomic E-state index is 12.9. The first-order chi connectivity index (χ1) is 15.7. The molecule has 1 atom stereocenters. The standard InChI is InChI=1S/C24H32N4O4S/c1-17-7-8-18(2)22(12-17)33(31,32)26-20-13-21(24(29)30)23(25-14-20)28-11-5-6-19(16-28)15-27-9-3-4-10-27/h7-8,12-14,19,26H,3-6,9-11,15-16H2,1-2H3,(H,29,30)/t19-/m1/s1. The van der Waals surface area contributed by atoms with E-state index in [1.165, 1.54) is 25.1 Å². The van der Waals surface area contributed by atoms with Crippen LogP contribution in [-0.2, 0) is 10.0 Å². The van der Waals surface area contributed by atoms with Crippen molar-refractivity contribution in [2.24, 2.45) is 5.92 Å². The van der Waals surface area contributed by atoms with Gasteiger partial charge in [0, 0.05) is 19.6 Å². The Kier molecular flexibility index (Phi) is 6.90. The van der Waals surface area contributed by atoms with Crippen molar-refractivity contribution in [3.05, 3.63) is 47.2 Å². The zero-order valence-corrected chi connectivity index (χ0v) is 20.1. The van der Waals surface area contributed by atoms with Crippen LogP contribution in [0.4, 0.5) is 11.5 Å². The molecular weight excluding hydrogens is 440 g/mol. The van der Waals surface area contributed by atoms with E-state index in [-0.39, 0.29) is 16.1 Å². The number of hydrogen-bond donors (Lipinski definition) is 2. The van der Waals surface area contributed by atoms with E-state index in [0.29, 0.717) is 17.3 Å². The largest absolute Gasteiger partial charge is 0.478 e. The van der Waals surface area contributed by atoms with Crippen molar-refractivity contribution >= 4 is 27.5 Å². The lowest BCUT2D eigenvalue weighted by Crippen LogP contribution is -2.41. The fraction of sp³-hybridized carbons (Fsp3) is 0.500. The first-order valence-corrected chi connectivity index (χ1v) is 13.0. The lowest BCUT2D eigenvalue weighted by atomic mass is 9.97. The summed E-state index contributed by atoms with van der Waals surface area (Å²) >= 11 is 0. The molecule has 2 aromatic rings. The summed E-state index contributed by atoms with van der Waals surface area (Å²) in [6.45, 7) is 8.38. The molecule has 1 aromatic carbocycles. The molecule has 0 bridgehead atoms. The van der Waals surface area contributed by atoms with E-state index < -0.39 is 16.0 Å². The molecule has 9 heteroatoms. The number of hydrogen-bond acceptors (Lipinski definition) is 6. The first-order valence-electron chi connectivity index (χ1n) is 11.5. The van der Waals surface area contributed by atoms with Gasteiger partial charge in [-0.1, -0.05) is 12.1 Å². The normalized spacial score (nSPS) is 19.6. The molecular formula is C24H32N4O4S. The Bertz CT molecular complexity index is 1130. The number of aryl methyl sites for hydroxylation is 2. The van der Waals surface area contributed by atoms with Crippen LogP contribution in [0.15, 0.2) is 35.4 Å². The van der Waals surface area contributed by atoms with Crippen LogP contribution < -0.4 is 9.62 Å². The minimum Gasteiger partial charge on any atom is -0.478 e. The number of benzene rings is 1. The highest BCUT2D eigenvalue weighted by Gasteiger charge is 2.27. The Morgan fingerprint density at radius 2 is 1.91 bits per heavy atom. The first kappa shape index (κ1) is 23.5. The number of aromatic nitrogens is 1. The third-order valence-corrected chi connectivity index (χ3v) is 8.04. The number of rotatable bonds is 7. The van der Waals surface area contributed by atoms with E-state index in [1.54, 1.807) is 19.1 Å². The number of carbonyl (C=O) groups is 1. The zero-order valence-electron chi connectivity index (χ0n) is 19.2. The monoisotopic (exact) mass is 472 g/mol. The number of nitrogens with zero attached hydrogens (tertiary/aromatic N) is 3. The second-order valence-electron chi connectivity index (χ2n) is 9.24. The van der Waals surface area contributed by atoms with Gasteiger partial charge in [0.2, 0.25) is 0 Å². The minimum absolute atomic E-state index is 0.0120. The molecule has 1 aromatic heterocycles. The van der Waals surface area contributed by atoms with Crippen molar-refractivity contribution < 1.29 is 18.3 Å². The number of carboxylic acids is 1. The highest BCUT2D eigenvalue weighted by Crippen LogP contribution is 2.29.